The van der Waals surface area contributed by atoms with Crippen molar-refractivity contribution in [1.29, 1.82) is 0 Å². The Kier molecular flexibility index (Phi) is 3.81. The molecule has 74 valence electrons. The number of nitrogens with one attached hydrogen (secondary N) is 1. The quantitative estimate of drug-likeness (QED) is 0.401. The van der Waals surface area contributed by atoms with Gasteiger partial charge in [-0.3, -0.25) is 4.79 Å². The van der Waals surface area contributed by atoms with Gasteiger partial charge in [-0.15, -0.1) is 0 Å². The van der Waals surface area contributed by atoms with Gasteiger partial charge in [0.25, 0.3) is 0 Å². The van der Waals surface area contributed by atoms with Crippen LogP contribution in [0.3, 0.4) is 0 Å². The summed E-state index contributed by atoms with van der Waals surface area (Å²) < 4.78 is 5.32. The third-order valence-corrected chi connectivity index (χ3v) is 2.38. The summed E-state index contributed by atoms with van der Waals surface area (Å²) in [5, 5.41) is 3.14. The predicted molar refractivity (Wildman–Crippen MR) is 55.0 cm³/mol. The van der Waals surface area contributed by atoms with Crippen LogP contribution in [-0.4, -0.2) is 30.4 Å². The van der Waals surface area contributed by atoms with E-state index in [0.29, 0.717) is 18.7 Å². The van der Waals surface area contributed by atoms with Crippen molar-refractivity contribution in [2.24, 2.45) is 0 Å². The summed E-state index contributed by atoms with van der Waals surface area (Å²) in [6, 6.07) is 0. The van der Waals surface area contributed by atoms with Gasteiger partial charge in [0.15, 0.2) is 0 Å². The molecule has 13 heavy (non-hydrogen) atoms. The molecule has 1 atom stereocenters. The minimum atomic E-state index is -0.472. The number of hydrogen-bond acceptors (Lipinski definition) is 4. The van der Waals surface area contributed by atoms with Crippen LogP contribution in [0.15, 0.2) is 12.7 Å². The zero-order valence-electron chi connectivity index (χ0n) is 7.58. The van der Waals surface area contributed by atoms with Gasteiger partial charge in [0.05, 0.1) is 6.42 Å². The first-order valence-corrected chi connectivity index (χ1v) is 5.03. The van der Waals surface area contributed by atoms with Gasteiger partial charge in [-0.25, -0.2) is 0 Å². The molecule has 0 aromatic rings. The number of rotatable bonds is 4. The van der Waals surface area contributed by atoms with E-state index in [0.717, 1.165) is 13.0 Å². The highest BCUT2D eigenvalue weighted by Gasteiger charge is 2.34. The second kappa shape index (κ2) is 4.67. The van der Waals surface area contributed by atoms with Crippen LogP contribution in [0, 0.1) is 0 Å². The fourth-order valence-corrected chi connectivity index (χ4v) is 1.54. The summed E-state index contributed by atoms with van der Waals surface area (Å²) in [6.07, 6.45) is 2.89. The first-order chi connectivity index (χ1) is 6.22. The fourth-order valence-electron chi connectivity index (χ4n) is 1.36. The van der Waals surface area contributed by atoms with E-state index in [4.69, 9.17) is 4.74 Å². The van der Waals surface area contributed by atoms with Gasteiger partial charge in [0, 0.05) is 18.7 Å². The second-order valence-electron chi connectivity index (χ2n) is 3.14. The largest absolute Gasteiger partial charge is 0.453 e. The predicted octanol–water partition coefficient (Wildman–Crippen LogP) is 0.768. The number of esters is 1. The van der Waals surface area contributed by atoms with Gasteiger partial charge in [-0.2, -0.15) is 12.6 Å². The molecule has 1 rings (SSSR count). The van der Waals surface area contributed by atoms with Crippen molar-refractivity contribution in [3.8, 4) is 0 Å². The molecule has 1 unspecified atom stereocenters. The zero-order valence-corrected chi connectivity index (χ0v) is 8.48. The molecule has 4 heteroatoms. The number of thiol groups is 1. The summed E-state index contributed by atoms with van der Waals surface area (Å²) in [4.78, 5) is 11.2. The van der Waals surface area contributed by atoms with Crippen LogP contribution in [-0.2, 0) is 9.53 Å². The van der Waals surface area contributed by atoms with E-state index in [-0.39, 0.29) is 5.97 Å². The Morgan fingerprint density at radius 3 is 3.00 bits per heavy atom. The lowest BCUT2D eigenvalue weighted by atomic mass is 10.0. The molecular weight excluding hydrogens is 186 g/mol. The van der Waals surface area contributed by atoms with Crippen molar-refractivity contribution >= 4 is 18.6 Å². The number of hydrogen-bond donors (Lipinski definition) is 2. The van der Waals surface area contributed by atoms with E-state index in [2.05, 4.69) is 24.5 Å². The molecule has 0 aliphatic carbocycles. The van der Waals surface area contributed by atoms with Crippen molar-refractivity contribution in [1.82, 2.24) is 5.32 Å². The molecule has 0 saturated carbocycles. The summed E-state index contributed by atoms with van der Waals surface area (Å²) >= 11 is 3.97. The monoisotopic (exact) mass is 201 g/mol. The number of carbonyl (C=O) groups is 1. The Balaban J connectivity index is 2.48. The van der Waals surface area contributed by atoms with E-state index in [1.54, 1.807) is 6.08 Å². The normalized spacial score (nSPS) is 27.2. The standard InChI is InChI=1S/C9H15NO2S/c1-2-9(4-5-10-7-9)12-8(11)3-6-13/h2,10,13H,1,3-7H2. The van der Waals surface area contributed by atoms with E-state index in [9.17, 15) is 4.79 Å². The molecule has 0 aromatic heterocycles. The van der Waals surface area contributed by atoms with Crippen LogP contribution < -0.4 is 5.32 Å². The van der Waals surface area contributed by atoms with E-state index < -0.39 is 5.60 Å². The van der Waals surface area contributed by atoms with Gasteiger partial charge < -0.3 is 10.1 Å². The minimum absolute atomic E-state index is 0.196. The molecule has 0 spiro atoms. The lowest BCUT2D eigenvalue weighted by molar-refractivity contribution is -0.153. The second-order valence-corrected chi connectivity index (χ2v) is 3.59. The van der Waals surface area contributed by atoms with Gasteiger partial charge in [-0.1, -0.05) is 6.58 Å². The Morgan fingerprint density at radius 1 is 1.77 bits per heavy atom. The molecule has 0 amide bonds. The van der Waals surface area contributed by atoms with Crippen LogP contribution in [0.25, 0.3) is 0 Å². The molecule has 1 fully saturated rings. The zero-order chi connectivity index (χ0) is 9.73. The lowest BCUT2D eigenvalue weighted by Crippen LogP contribution is -2.35. The molecule has 0 aromatic carbocycles. The van der Waals surface area contributed by atoms with Crippen LogP contribution in [0.1, 0.15) is 12.8 Å². The highest BCUT2D eigenvalue weighted by molar-refractivity contribution is 7.80. The fraction of sp³-hybridized carbons (Fsp3) is 0.667. The molecule has 3 nitrogen and oxygen atoms in total. The van der Waals surface area contributed by atoms with Crippen molar-refractivity contribution in [2.75, 3.05) is 18.8 Å². The highest BCUT2D eigenvalue weighted by atomic mass is 32.1. The summed E-state index contributed by atoms with van der Waals surface area (Å²) in [6.45, 7) is 5.24. The van der Waals surface area contributed by atoms with Crippen molar-refractivity contribution in [3.63, 3.8) is 0 Å². The summed E-state index contributed by atoms with van der Waals surface area (Å²) in [5.41, 5.74) is -0.472. The number of carbonyl (C=O) groups excluding carboxylic acids is 1. The van der Waals surface area contributed by atoms with Crippen molar-refractivity contribution < 1.29 is 9.53 Å². The Bertz CT molecular complexity index is 200. The lowest BCUT2D eigenvalue weighted by Gasteiger charge is -2.24. The van der Waals surface area contributed by atoms with Gasteiger partial charge in [0.1, 0.15) is 5.60 Å². The Morgan fingerprint density at radius 2 is 2.54 bits per heavy atom. The maximum absolute atomic E-state index is 11.2. The summed E-state index contributed by atoms with van der Waals surface area (Å²) in [5.74, 6) is 0.332. The highest BCUT2D eigenvalue weighted by Crippen LogP contribution is 2.21. The summed E-state index contributed by atoms with van der Waals surface area (Å²) in [7, 11) is 0. The van der Waals surface area contributed by atoms with Crippen LogP contribution >= 0.6 is 12.6 Å². The maximum Gasteiger partial charge on any atom is 0.307 e. The molecule has 1 N–H and O–H groups in total. The average molecular weight is 201 g/mol. The minimum Gasteiger partial charge on any atom is -0.453 e. The molecule has 1 heterocycles. The van der Waals surface area contributed by atoms with Crippen molar-refractivity contribution in [3.05, 3.63) is 12.7 Å². The molecule has 1 saturated heterocycles. The average Bonchev–Trinajstić information content (AvgIpc) is 2.54. The van der Waals surface area contributed by atoms with Crippen LogP contribution in [0.2, 0.25) is 0 Å². The third kappa shape index (κ3) is 2.74. The van der Waals surface area contributed by atoms with E-state index in [1.807, 2.05) is 0 Å². The Hall–Kier alpha value is -0.480. The first-order valence-electron chi connectivity index (χ1n) is 4.39. The molecule has 0 bridgehead atoms. The third-order valence-electron chi connectivity index (χ3n) is 2.15. The topological polar surface area (TPSA) is 38.3 Å². The van der Waals surface area contributed by atoms with Crippen LogP contribution in [0.5, 0.6) is 0 Å². The van der Waals surface area contributed by atoms with Gasteiger partial charge in [-0.05, 0) is 12.6 Å². The van der Waals surface area contributed by atoms with E-state index in [1.165, 1.54) is 0 Å². The molecule has 1 aliphatic heterocycles. The SMILES string of the molecule is C=CC1(OC(=O)CCS)CCNC1. The molecule has 1 aliphatic rings. The molecular formula is C9H15NO2S. The number of ether oxygens (including phenoxy) is 1. The maximum atomic E-state index is 11.2. The van der Waals surface area contributed by atoms with Gasteiger partial charge in [0.2, 0.25) is 0 Å². The van der Waals surface area contributed by atoms with Crippen LogP contribution in [0.4, 0.5) is 0 Å². The Labute approximate surface area is 83.9 Å². The molecule has 0 radical (unpaired) electrons. The van der Waals surface area contributed by atoms with Gasteiger partial charge >= 0.3 is 5.97 Å². The van der Waals surface area contributed by atoms with E-state index >= 15 is 0 Å². The van der Waals surface area contributed by atoms with Crippen molar-refractivity contribution in [2.45, 2.75) is 18.4 Å². The first kappa shape index (κ1) is 10.6. The smallest absolute Gasteiger partial charge is 0.307 e.